The first-order valence-corrected chi connectivity index (χ1v) is 14.9. The average molecular weight is 574 g/mol. The minimum Gasteiger partial charge on any atom is -0.493 e. The number of hydrogen-bond donors (Lipinski definition) is 2. The Morgan fingerprint density at radius 1 is 0.791 bits per heavy atom. The van der Waals surface area contributed by atoms with Crippen LogP contribution >= 0.6 is 0 Å². The van der Waals surface area contributed by atoms with Gasteiger partial charge in [0.25, 0.3) is 0 Å². The fourth-order valence-electron chi connectivity index (χ4n) is 5.69. The van der Waals surface area contributed by atoms with Crippen molar-refractivity contribution in [2.24, 2.45) is 5.92 Å². The third-order valence-electron chi connectivity index (χ3n) is 8.30. The molecule has 0 aliphatic heterocycles. The highest BCUT2D eigenvalue weighted by Crippen LogP contribution is 2.38. The molecule has 5 aromatic rings. The Morgan fingerprint density at radius 2 is 1.49 bits per heavy atom. The zero-order valence-electron chi connectivity index (χ0n) is 24.3. The lowest BCUT2D eigenvalue weighted by Gasteiger charge is -2.11. The standard InChI is InChI=1S/C37H35NO5/c1-2-24-4-3-5-28(20-24)22-38-33-19-12-26(7-6-25-10-13-30(14-11-25)36(39)40)21-32(33)34(35(38)37(41)42)29-15-17-31(18-16-29)43-23-27-8-9-27/h3-5,10-21,27H,2,6-9,22-23H2,1H3,(H,39,40)(H,41,42). The summed E-state index contributed by atoms with van der Waals surface area (Å²) in [6.45, 7) is 3.28. The molecule has 0 unspecified atom stereocenters. The summed E-state index contributed by atoms with van der Waals surface area (Å²) in [6, 6.07) is 29.3. The van der Waals surface area contributed by atoms with E-state index in [-0.39, 0.29) is 11.3 Å². The summed E-state index contributed by atoms with van der Waals surface area (Å²) in [5, 5.41) is 20.7. The van der Waals surface area contributed by atoms with Gasteiger partial charge in [-0.2, -0.15) is 0 Å². The molecule has 1 saturated carbocycles. The molecule has 1 aliphatic carbocycles. The molecular formula is C37H35NO5. The van der Waals surface area contributed by atoms with Crippen LogP contribution in [-0.4, -0.2) is 33.3 Å². The van der Waals surface area contributed by atoms with Gasteiger partial charge in [-0.3, -0.25) is 0 Å². The number of carbonyl (C=O) groups is 2. The number of hydrogen-bond acceptors (Lipinski definition) is 3. The molecule has 0 atom stereocenters. The van der Waals surface area contributed by atoms with Crippen LogP contribution in [0.3, 0.4) is 0 Å². The summed E-state index contributed by atoms with van der Waals surface area (Å²) in [5.41, 5.74) is 7.36. The Bertz CT molecular complexity index is 1780. The molecule has 4 aromatic carbocycles. The maximum Gasteiger partial charge on any atom is 0.353 e. The number of ether oxygens (including phenoxy) is 1. The van der Waals surface area contributed by atoms with Crippen molar-refractivity contribution < 1.29 is 24.5 Å². The predicted molar refractivity (Wildman–Crippen MR) is 168 cm³/mol. The first-order chi connectivity index (χ1) is 20.9. The van der Waals surface area contributed by atoms with E-state index in [1.54, 1.807) is 12.1 Å². The van der Waals surface area contributed by atoms with Crippen LogP contribution in [0.5, 0.6) is 5.75 Å². The molecule has 0 saturated heterocycles. The molecule has 1 aliphatic rings. The zero-order chi connectivity index (χ0) is 29.9. The van der Waals surface area contributed by atoms with Gasteiger partial charge in [0.1, 0.15) is 11.4 Å². The van der Waals surface area contributed by atoms with Crippen molar-refractivity contribution in [2.75, 3.05) is 6.61 Å². The number of aromatic nitrogens is 1. The molecule has 1 heterocycles. The van der Waals surface area contributed by atoms with Gasteiger partial charge in [-0.05, 0) is 102 Å². The van der Waals surface area contributed by atoms with E-state index in [1.807, 2.05) is 59.2 Å². The van der Waals surface area contributed by atoms with Gasteiger partial charge in [0, 0.05) is 23.0 Å². The molecule has 0 amide bonds. The molecule has 1 aromatic heterocycles. The van der Waals surface area contributed by atoms with Crippen LogP contribution in [0.4, 0.5) is 0 Å². The van der Waals surface area contributed by atoms with Crippen LogP contribution < -0.4 is 4.74 Å². The molecule has 6 heteroatoms. The third kappa shape index (κ3) is 6.33. The highest BCUT2D eigenvalue weighted by Gasteiger charge is 2.25. The van der Waals surface area contributed by atoms with E-state index in [0.717, 1.165) is 64.8 Å². The van der Waals surface area contributed by atoms with Crippen molar-refractivity contribution in [3.05, 3.63) is 125 Å². The summed E-state index contributed by atoms with van der Waals surface area (Å²) in [5.74, 6) is -0.461. The number of aromatic carboxylic acids is 2. The third-order valence-corrected chi connectivity index (χ3v) is 8.30. The fraction of sp³-hybridized carbons (Fsp3) is 0.243. The van der Waals surface area contributed by atoms with Gasteiger partial charge in [0.15, 0.2) is 0 Å². The van der Waals surface area contributed by atoms with Gasteiger partial charge in [-0.15, -0.1) is 0 Å². The first kappa shape index (κ1) is 28.3. The van der Waals surface area contributed by atoms with Crippen LogP contribution in [0.25, 0.3) is 22.0 Å². The summed E-state index contributed by atoms with van der Waals surface area (Å²) in [6.07, 6.45) is 4.83. The fourth-order valence-corrected chi connectivity index (χ4v) is 5.69. The number of carboxylic acids is 2. The molecule has 6 nitrogen and oxygen atoms in total. The Kier molecular flexibility index (Phi) is 8.01. The van der Waals surface area contributed by atoms with Gasteiger partial charge >= 0.3 is 11.9 Å². The Hall–Kier alpha value is -4.84. The van der Waals surface area contributed by atoms with Crippen LogP contribution in [0.1, 0.15) is 62.9 Å². The second-order valence-electron chi connectivity index (χ2n) is 11.4. The Morgan fingerprint density at radius 3 is 2.16 bits per heavy atom. The quantitative estimate of drug-likeness (QED) is 0.158. The van der Waals surface area contributed by atoms with Crippen molar-refractivity contribution in [3.8, 4) is 16.9 Å². The minimum atomic E-state index is -0.966. The van der Waals surface area contributed by atoms with Crippen LogP contribution in [0.15, 0.2) is 91.0 Å². The smallest absolute Gasteiger partial charge is 0.353 e. The van der Waals surface area contributed by atoms with E-state index in [9.17, 15) is 19.8 Å². The van der Waals surface area contributed by atoms with E-state index < -0.39 is 11.9 Å². The SMILES string of the molecule is CCc1cccc(Cn2c(C(=O)O)c(-c3ccc(OCC4CC4)cc3)c3cc(CCc4ccc(C(=O)O)cc4)ccc32)c1. The van der Waals surface area contributed by atoms with Crippen molar-refractivity contribution in [1.29, 1.82) is 0 Å². The van der Waals surface area contributed by atoms with Crippen molar-refractivity contribution in [3.63, 3.8) is 0 Å². The number of rotatable bonds is 12. The molecule has 6 rings (SSSR count). The number of carboxylic acid groups (broad SMARTS) is 2. The molecule has 0 bridgehead atoms. The van der Waals surface area contributed by atoms with Crippen LogP contribution in [-0.2, 0) is 25.8 Å². The predicted octanol–water partition coefficient (Wildman–Crippen LogP) is 7.89. The highest BCUT2D eigenvalue weighted by atomic mass is 16.5. The van der Waals surface area contributed by atoms with E-state index in [4.69, 9.17) is 4.74 Å². The topological polar surface area (TPSA) is 88.8 Å². The molecule has 0 spiro atoms. The summed E-state index contributed by atoms with van der Waals surface area (Å²) in [7, 11) is 0. The lowest BCUT2D eigenvalue weighted by molar-refractivity contribution is 0.0680. The maximum atomic E-state index is 12.9. The molecule has 218 valence electrons. The maximum absolute atomic E-state index is 12.9. The van der Waals surface area contributed by atoms with Gasteiger partial charge < -0.3 is 19.5 Å². The molecule has 1 fully saturated rings. The van der Waals surface area contributed by atoms with Gasteiger partial charge in [0.05, 0.1) is 12.2 Å². The lowest BCUT2D eigenvalue weighted by atomic mass is 9.98. The van der Waals surface area contributed by atoms with Crippen molar-refractivity contribution in [1.82, 2.24) is 4.57 Å². The van der Waals surface area contributed by atoms with Gasteiger partial charge in [-0.25, -0.2) is 9.59 Å². The molecule has 0 radical (unpaired) electrons. The zero-order valence-corrected chi connectivity index (χ0v) is 24.3. The lowest BCUT2D eigenvalue weighted by Crippen LogP contribution is -2.10. The average Bonchev–Trinajstić information content (AvgIpc) is 3.80. The number of nitrogens with zero attached hydrogens (tertiary/aromatic N) is 1. The second-order valence-corrected chi connectivity index (χ2v) is 11.4. The van der Waals surface area contributed by atoms with Crippen molar-refractivity contribution >= 4 is 22.8 Å². The number of benzene rings is 4. The summed E-state index contributed by atoms with van der Waals surface area (Å²) < 4.78 is 7.88. The second kappa shape index (κ2) is 12.2. The van der Waals surface area contributed by atoms with Gasteiger partial charge in [0.2, 0.25) is 0 Å². The number of aryl methyl sites for hydroxylation is 3. The van der Waals surface area contributed by atoms with E-state index in [2.05, 4.69) is 31.2 Å². The van der Waals surface area contributed by atoms with E-state index in [1.165, 1.54) is 18.4 Å². The monoisotopic (exact) mass is 573 g/mol. The molecular weight excluding hydrogens is 538 g/mol. The van der Waals surface area contributed by atoms with Gasteiger partial charge in [-0.1, -0.05) is 61.5 Å². The van der Waals surface area contributed by atoms with Crippen LogP contribution in [0, 0.1) is 5.92 Å². The largest absolute Gasteiger partial charge is 0.493 e. The molecule has 2 N–H and O–H groups in total. The molecule has 43 heavy (non-hydrogen) atoms. The highest BCUT2D eigenvalue weighted by molar-refractivity contribution is 6.08. The van der Waals surface area contributed by atoms with Crippen LogP contribution in [0.2, 0.25) is 0 Å². The summed E-state index contributed by atoms with van der Waals surface area (Å²) >= 11 is 0. The first-order valence-electron chi connectivity index (χ1n) is 14.9. The van der Waals surface area contributed by atoms with E-state index in [0.29, 0.717) is 18.0 Å². The Balaban J connectivity index is 1.40. The summed E-state index contributed by atoms with van der Waals surface area (Å²) in [4.78, 5) is 24.2. The minimum absolute atomic E-state index is 0.268. The Labute approximate surface area is 251 Å². The van der Waals surface area contributed by atoms with Crippen molar-refractivity contribution in [2.45, 2.75) is 45.6 Å². The van der Waals surface area contributed by atoms with E-state index >= 15 is 0 Å². The normalized spacial score (nSPS) is 12.9. The number of fused-ring (bicyclic) bond motifs is 1.